The molecule has 5 heteroatoms. The molecule has 2 atom stereocenters. The molecule has 0 spiro atoms. The molecular weight excluding hydrogens is 152 g/mol. The van der Waals surface area contributed by atoms with Crippen molar-refractivity contribution in [2.75, 3.05) is 6.61 Å². The van der Waals surface area contributed by atoms with Crippen LogP contribution in [0, 0.1) is 0 Å². The maximum Gasteiger partial charge on any atom is 0.370 e. The SMILES string of the molecule is O=C(O)C1=C[C@H](O)C(O)CO1. The van der Waals surface area contributed by atoms with Crippen molar-refractivity contribution in [1.29, 1.82) is 0 Å². The van der Waals surface area contributed by atoms with E-state index in [1.165, 1.54) is 0 Å². The van der Waals surface area contributed by atoms with E-state index in [1.54, 1.807) is 0 Å². The zero-order valence-electron chi connectivity index (χ0n) is 5.60. The Hall–Kier alpha value is -1.07. The van der Waals surface area contributed by atoms with Crippen LogP contribution in [0.2, 0.25) is 0 Å². The average molecular weight is 160 g/mol. The highest BCUT2D eigenvalue weighted by Gasteiger charge is 2.24. The number of aliphatic hydroxyl groups is 2. The Morgan fingerprint density at radius 3 is 2.73 bits per heavy atom. The first-order chi connectivity index (χ1) is 5.11. The molecule has 1 rings (SSSR count). The van der Waals surface area contributed by atoms with Gasteiger partial charge in [-0.3, -0.25) is 0 Å². The van der Waals surface area contributed by atoms with Gasteiger partial charge in [-0.1, -0.05) is 0 Å². The van der Waals surface area contributed by atoms with Crippen LogP contribution in [-0.2, 0) is 9.53 Å². The molecule has 3 N–H and O–H groups in total. The number of carboxylic acid groups (broad SMARTS) is 1. The highest BCUT2D eigenvalue weighted by molar-refractivity contribution is 5.84. The summed E-state index contributed by atoms with van der Waals surface area (Å²) in [6, 6.07) is 0. The lowest BCUT2D eigenvalue weighted by atomic mass is 10.1. The van der Waals surface area contributed by atoms with Crippen LogP contribution in [0.25, 0.3) is 0 Å². The molecule has 0 radical (unpaired) electrons. The Morgan fingerprint density at radius 1 is 1.64 bits per heavy atom. The minimum Gasteiger partial charge on any atom is -0.484 e. The summed E-state index contributed by atoms with van der Waals surface area (Å²) in [7, 11) is 0. The van der Waals surface area contributed by atoms with Crippen molar-refractivity contribution in [2.24, 2.45) is 0 Å². The van der Waals surface area contributed by atoms with E-state index in [4.69, 9.17) is 15.3 Å². The largest absolute Gasteiger partial charge is 0.484 e. The Bertz CT molecular complexity index is 197. The summed E-state index contributed by atoms with van der Waals surface area (Å²) in [5.41, 5.74) is 0. The third-order valence-corrected chi connectivity index (χ3v) is 1.34. The number of ether oxygens (including phenoxy) is 1. The number of carboxylic acids is 1. The number of rotatable bonds is 1. The summed E-state index contributed by atoms with van der Waals surface area (Å²) in [5.74, 6) is -1.56. The van der Waals surface area contributed by atoms with Crippen molar-refractivity contribution in [3.8, 4) is 0 Å². The van der Waals surface area contributed by atoms with Crippen LogP contribution in [0.15, 0.2) is 11.8 Å². The molecule has 0 aromatic rings. The van der Waals surface area contributed by atoms with Crippen LogP contribution in [0.3, 0.4) is 0 Å². The van der Waals surface area contributed by atoms with E-state index in [0.29, 0.717) is 0 Å². The van der Waals surface area contributed by atoms with E-state index >= 15 is 0 Å². The Labute approximate surface area is 62.5 Å². The summed E-state index contributed by atoms with van der Waals surface area (Å²) in [5, 5.41) is 26.1. The van der Waals surface area contributed by atoms with Gasteiger partial charge in [0.15, 0.2) is 0 Å². The molecule has 0 fully saturated rings. The van der Waals surface area contributed by atoms with Gasteiger partial charge in [0.25, 0.3) is 0 Å². The van der Waals surface area contributed by atoms with Gasteiger partial charge in [0.05, 0.1) is 0 Å². The highest BCUT2D eigenvalue weighted by atomic mass is 16.5. The minimum atomic E-state index is -1.24. The number of aliphatic hydroxyl groups excluding tert-OH is 2. The summed E-state index contributed by atoms with van der Waals surface area (Å²) in [6.07, 6.45) is -1.20. The molecular formula is C6H8O5. The predicted molar refractivity (Wildman–Crippen MR) is 33.7 cm³/mol. The smallest absolute Gasteiger partial charge is 0.370 e. The molecule has 5 nitrogen and oxygen atoms in total. The third-order valence-electron chi connectivity index (χ3n) is 1.34. The molecule has 0 bridgehead atoms. The van der Waals surface area contributed by atoms with Crippen molar-refractivity contribution in [1.82, 2.24) is 0 Å². The minimum absolute atomic E-state index is 0.181. The summed E-state index contributed by atoms with van der Waals surface area (Å²) in [4.78, 5) is 10.2. The van der Waals surface area contributed by atoms with E-state index in [9.17, 15) is 4.79 Å². The number of hydrogen-bond acceptors (Lipinski definition) is 4. The van der Waals surface area contributed by atoms with Gasteiger partial charge >= 0.3 is 5.97 Å². The van der Waals surface area contributed by atoms with Crippen molar-refractivity contribution >= 4 is 5.97 Å². The van der Waals surface area contributed by atoms with Gasteiger partial charge in [-0.25, -0.2) is 4.79 Å². The van der Waals surface area contributed by atoms with Gasteiger partial charge in [0, 0.05) is 0 Å². The lowest BCUT2D eigenvalue weighted by molar-refractivity contribution is -0.138. The van der Waals surface area contributed by atoms with Crippen LogP contribution in [0.1, 0.15) is 0 Å². The zero-order chi connectivity index (χ0) is 8.43. The molecule has 0 saturated heterocycles. The quantitative estimate of drug-likeness (QED) is 0.444. The first-order valence-corrected chi connectivity index (χ1v) is 3.05. The van der Waals surface area contributed by atoms with E-state index in [-0.39, 0.29) is 12.4 Å². The molecule has 0 amide bonds. The number of carbonyl (C=O) groups is 1. The van der Waals surface area contributed by atoms with Crippen LogP contribution >= 0.6 is 0 Å². The molecule has 1 heterocycles. The van der Waals surface area contributed by atoms with Gasteiger partial charge in [-0.05, 0) is 6.08 Å². The van der Waals surface area contributed by atoms with Crippen molar-refractivity contribution in [3.63, 3.8) is 0 Å². The normalized spacial score (nSPS) is 30.5. The monoisotopic (exact) mass is 160 g/mol. The van der Waals surface area contributed by atoms with E-state index in [2.05, 4.69) is 4.74 Å². The van der Waals surface area contributed by atoms with E-state index < -0.39 is 18.2 Å². The maximum atomic E-state index is 10.2. The van der Waals surface area contributed by atoms with Gasteiger partial charge in [0.1, 0.15) is 18.8 Å². The summed E-state index contributed by atoms with van der Waals surface area (Å²) < 4.78 is 4.57. The van der Waals surface area contributed by atoms with Gasteiger partial charge < -0.3 is 20.1 Å². The molecule has 0 aromatic heterocycles. The third kappa shape index (κ3) is 1.69. The highest BCUT2D eigenvalue weighted by Crippen LogP contribution is 2.10. The van der Waals surface area contributed by atoms with Crippen molar-refractivity contribution < 1.29 is 24.9 Å². The molecule has 1 aliphatic heterocycles. The molecule has 62 valence electrons. The van der Waals surface area contributed by atoms with Crippen molar-refractivity contribution in [3.05, 3.63) is 11.8 Å². The summed E-state index contributed by atoms with van der Waals surface area (Å²) >= 11 is 0. The predicted octanol–water partition coefficient (Wildman–Crippen LogP) is -1.29. The average Bonchev–Trinajstić information content (AvgIpc) is 1.94. The topological polar surface area (TPSA) is 87.0 Å². The molecule has 1 aliphatic rings. The van der Waals surface area contributed by atoms with Crippen LogP contribution in [0.5, 0.6) is 0 Å². The standard InChI is InChI=1S/C6H8O5/c7-3-1-5(6(9)10)11-2-4(3)8/h1,3-4,7-8H,2H2,(H,9,10)/t3-,4?/m0/s1. The van der Waals surface area contributed by atoms with Crippen LogP contribution in [-0.4, -0.2) is 40.1 Å². The molecule has 0 saturated carbocycles. The molecule has 11 heavy (non-hydrogen) atoms. The fourth-order valence-corrected chi connectivity index (χ4v) is 0.721. The molecule has 1 unspecified atom stereocenters. The fraction of sp³-hybridized carbons (Fsp3) is 0.500. The lowest BCUT2D eigenvalue weighted by Gasteiger charge is -2.21. The van der Waals surface area contributed by atoms with Crippen LogP contribution in [0.4, 0.5) is 0 Å². The zero-order valence-corrected chi connectivity index (χ0v) is 5.60. The van der Waals surface area contributed by atoms with Crippen molar-refractivity contribution in [2.45, 2.75) is 12.2 Å². The molecule has 0 aliphatic carbocycles. The fourth-order valence-electron chi connectivity index (χ4n) is 0.721. The second-order valence-corrected chi connectivity index (χ2v) is 2.21. The first kappa shape index (κ1) is 8.03. The van der Waals surface area contributed by atoms with Gasteiger partial charge in [0.2, 0.25) is 5.76 Å². The molecule has 0 aromatic carbocycles. The maximum absolute atomic E-state index is 10.2. The Morgan fingerprint density at radius 2 is 2.27 bits per heavy atom. The number of aliphatic carboxylic acids is 1. The lowest BCUT2D eigenvalue weighted by Crippen LogP contribution is -2.34. The Kier molecular flexibility index (Phi) is 2.11. The summed E-state index contributed by atoms with van der Waals surface area (Å²) in [6.45, 7) is -0.181. The van der Waals surface area contributed by atoms with E-state index in [0.717, 1.165) is 6.08 Å². The van der Waals surface area contributed by atoms with Crippen LogP contribution < -0.4 is 0 Å². The second-order valence-electron chi connectivity index (χ2n) is 2.21. The van der Waals surface area contributed by atoms with Gasteiger partial charge in [-0.15, -0.1) is 0 Å². The van der Waals surface area contributed by atoms with Gasteiger partial charge in [-0.2, -0.15) is 0 Å². The second kappa shape index (κ2) is 2.89. The Balaban J connectivity index is 2.71. The number of hydrogen-bond donors (Lipinski definition) is 3. The first-order valence-electron chi connectivity index (χ1n) is 3.05. The van der Waals surface area contributed by atoms with E-state index in [1.807, 2.05) is 0 Å².